The van der Waals surface area contributed by atoms with Crippen LogP contribution in [0.4, 0.5) is 0 Å². The quantitative estimate of drug-likeness (QED) is 0.279. The minimum Gasteiger partial charge on any atom is -0.462 e. The molecule has 0 amide bonds. The number of carbonyl (C=O) groups excluding carboxylic acids is 1. The number of hydrogen-bond donors (Lipinski definition) is 0. The Kier molecular flexibility index (Phi) is 6.25. The van der Waals surface area contributed by atoms with E-state index >= 15 is 0 Å². The summed E-state index contributed by atoms with van der Waals surface area (Å²) in [5.41, 5.74) is 0.463. The highest BCUT2D eigenvalue weighted by Gasteiger charge is 2.06. The van der Waals surface area contributed by atoms with Crippen molar-refractivity contribution in [1.29, 1.82) is 0 Å². The summed E-state index contributed by atoms with van der Waals surface area (Å²) < 4.78 is 5.91. The number of rotatable bonds is 7. The van der Waals surface area contributed by atoms with Crippen LogP contribution in [0.25, 0.3) is 0 Å². The molecule has 3 heteroatoms. The van der Waals surface area contributed by atoms with Crippen LogP contribution in [0.15, 0.2) is 12.2 Å². The SMILES string of the molecule is C=C(C)C(=O)OCCC[CH]C[N+](C)(C)C. The summed E-state index contributed by atoms with van der Waals surface area (Å²) in [4.78, 5) is 11.0. The van der Waals surface area contributed by atoms with Crippen LogP contribution in [0.5, 0.6) is 0 Å². The molecule has 0 atom stereocenters. The molecule has 0 heterocycles. The summed E-state index contributed by atoms with van der Waals surface area (Å²) in [6, 6.07) is 0. The third kappa shape index (κ3) is 9.47. The molecule has 0 N–H and O–H groups in total. The Morgan fingerprint density at radius 2 is 2.00 bits per heavy atom. The van der Waals surface area contributed by atoms with Crippen LogP contribution in [-0.2, 0) is 9.53 Å². The third-order valence-corrected chi connectivity index (χ3v) is 1.81. The van der Waals surface area contributed by atoms with Crippen molar-refractivity contribution in [2.24, 2.45) is 0 Å². The Balaban J connectivity index is 3.33. The van der Waals surface area contributed by atoms with Gasteiger partial charge in [0.1, 0.15) is 0 Å². The van der Waals surface area contributed by atoms with E-state index in [1.54, 1.807) is 6.92 Å². The van der Waals surface area contributed by atoms with Crippen LogP contribution >= 0.6 is 0 Å². The Bertz CT molecular complexity index is 216. The lowest BCUT2D eigenvalue weighted by atomic mass is 10.2. The van der Waals surface area contributed by atoms with Gasteiger partial charge in [-0.15, -0.1) is 0 Å². The molecule has 0 aliphatic rings. The molecule has 0 saturated carbocycles. The molecule has 0 aromatic carbocycles. The van der Waals surface area contributed by atoms with Gasteiger partial charge in [0.25, 0.3) is 0 Å². The number of ether oxygens (including phenoxy) is 1. The molecule has 0 bridgehead atoms. The van der Waals surface area contributed by atoms with Crippen LogP contribution < -0.4 is 0 Å². The van der Waals surface area contributed by atoms with E-state index in [0.29, 0.717) is 12.2 Å². The molecule has 1 radical (unpaired) electrons. The van der Waals surface area contributed by atoms with Crippen LogP contribution in [0.1, 0.15) is 19.8 Å². The van der Waals surface area contributed by atoms with Gasteiger partial charge in [-0.3, -0.25) is 0 Å². The second-order valence-corrected chi connectivity index (χ2v) is 4.82. The van der Waals surface area contributed by atoms with Crippen molar-refractivity contribution in [2.75, 3.05) is 34.3 Å². The van der Waals surface area contributed by atoms with E-state index in [1.165, 1.54) is 0 Å². The van der Waals surface area contributed by atoms with Gasteiger partial charge in [-0.05, 0) is 19.8 Å². The first-order valence-corrected chi connectivity index (χ1v) is 5.27. The zero-order valence-corrected chi connectivity index (χ0v) is 10.4. The van der Waals surface area contributed by atoms with Gasteiger partial charge < -0.3 is 9.22 Å². The van der Waals surface area contributed by atoms with Crippen molar-refractivity contribution in [1.82, 2.24) is 0 Å². The molecule has 0 saturated heterocycles. The molecule has 0 unspecified atom stereocenters. The lowest BCUT2D eigenvalue weighted by molar-refractivity contribution is -0.866. The van der Waals surface area contributed by atoms with Gasteiger partial charge in [0.05, 0.1) is 34.3 Å². The van der Waals surface area contributed by atoms with Crippen molar-refractivity contribution >= 4 is 5.97 Å². The zero-order chi connectivity index (χ0) is 11.9. The van der Waals surface area contributed by atoms with Gasteiger partial charge in [0.15, 0.2) is 0 Å². The summed E-state index contributed by atoms with van der Waals surface area (Å²) in [5, 5.41) is 0. The van der Waals surface area contributed by atoms with Gasteiger partial charge >= 0.3 is 5.97 Å². The average Bonchev–Trinajstić information content (AvgIpc) is 2.08. The lowest BCUT2D eigenvalue weighted by Gasteiger charge is -2.23. The molecule has 0 rings (SSSR count). The van der Waals surface area contributed by atoms with E-state index in [4.69, 9.17) is 4.74 Å². The summed E-state index contributed by atoms with van der Waals surface area (Å²) in [5.74, 6) is -0.290. The van der Waals surface area contributed by atoms with E-state index in [9.17, 15) is 4.79 Å². The predicted molar refractivity (Wildman–Crippen MR) is 62.2 cm³/mol. The first kappa shape index (κ1) is 14.2. The monoisotopic (exact) mass is 213 g/mol. The van der Waals surface area contributed by atoms with Crippen molar-refractivity contribution in [3.8, 4) is 0 Å². The molecule has 3 nitrogen and oxygen atoms in total. The Morgan fingerprint density at radius 3 is 2.47 bits per heavy atom. The van der Waals surface area contributed by atoms with Gasteiger partial charge in [-0.25, -0.2) is 4.79 Å². The van der Waals surface area contributed by atoms with Gasteiger partial charge in [0.2, 0.25) is 0 Å². The fourth-order valence-electron chi connectivity index (χ4n) is 0.994. The Hall–Kier alpha value is -0.830. The highest BCUT2D eigenvalue weighted by molar-refractivity contribution is 5.86. The molecular formula is C12H23NO2+. The molecule has 0 aromatic heterocycles. The van der Waals surface area contributed by atoms with Crippen LogP contribution in [0, 0.1) is 6.42 Å². The maximum atomic E-state index is 11.0. The van der Waals surface area contributed by atoms with E-state index in [0.717, 1.165) is 23.9 Å². The van der Waals surface area contributed by atoms with Crippen LogP contribution in [-0.4, -0.2) is 44.7 Å². The van der Waals surface area contributed by atoms with Crippen molar-refractivity contribution in [3.05, 3.63) is 18.6 Å². The molecule has 0 aliphatic carbocycles. The predicted octanol–water partition coefficient (Wildman–Crippen LogP) is 1.80. The smallest absolute Gasteiger partial charge is 0.333 e. The van der Waals surface area contributed by atoms with Gasteiger partial charge in [0, 0.05) is 12.0 Å². The van der Waals surface area contributed by atoms with Gasteiger partial charge in [-0.2, -0.15) is 0 Å². The molecule has 0 spiro atoms. The highest BCUT2D eigenvalue weighted by atomic mass is 16.5. The third-order valence-electron chi connectivity index (χ3n) is 1.81. The average molecular weight is 213 g/mol. The van der Waals surface area contributed by atoms with E-state index < -0.39 is 0 Å². The fraction of sp³-hybridized carbons (Fsp3) is 0.667. The first-order chi connectivity index (χ1) is 6.83. The summed E-state index contributed by atoms with van der Waals surface area (Å²) in [6.07, 6.45) is 4.10. The largest absolute Gasteiger partial charge is 0.462 e. The summed E-state index contributed by atoms with van der Waals surface area (Å²) in [6.45, 7) is 6.70. The number of esters is 1. The molecule has 0 fully saturated rings. The van der Waals surface area contributed by atoms with E-state index in [-0.39, 0.29) is 5.97 Å². The molecule has 87 valence electrons. The van der Waals surface area contributed by atoms with Crippen LogP contribution in [0.2, 0.25) is 0 Å². The van der Waals surface area contributed by atoms with Crippen molar-refractivity contribution in [2.45, 2.75) is 19.8 Å². The lowest BCUT2D eigenvalue weighted by Crippen LogP contribution is -2.35. The zero-order valence-electron chi connectivity index (χ0n) is 10.4. The standard InChI is InChI=1S/C12H23NO2/c1-11(2)12(14)15-10-8-6-7-9-13(3,4)5/h7H,1,6,8-10H2,2-5H3/q+1. The first-order valence-electron chi connectivity index (χ1n) is 5.27. The number of carbonyl (C=O) groups is 1. The normalized spacial score (nSPS) is 11.2. The number of hydrogen-bond acceptors (Lipinski definition) is 2. The number of nitrogens with zero attached hydrogens (tertiary/aromatic N) is 1. The Labute approximate surface area is 93.3 Å². The number of unbranched alkanes of at least 4 members (excludes halogenated alkanes) is 2. The molecular weight excluding hydrogens is 190 g/mol. The maximum Gasteiger partial charge on any atom is 0.333 e. The maximum absolute atomic E-state index is 11.0. The second kappa shape index (κ2) is 6.62. The minimum atomic E-state index is -0.290. The Morgan fingerprint density at radius 1 is 1.40 bits per heavy atom. The van der Waals surface area contributed by atoms with E-state index in [2.05, 4.69) is 34.1 Å². The summed E-state index contributed by atoms with van der Waals surface area (Å²) in [7, 11) is 6.45. The topological polar surface area (TPSA) is 26.3 Å². The van der Waals surface area contributed by atoms with Crippen molar-refractivity contribution < 1.29 is 14.0 Å². The number of quaternary nitrogens is 1. The van der Waals surface area contributed by atoms with Gasteiger partial charge in [-0.1, -0.05) is 6.58 Å². The molecule has 0 aromatic rings. The fourth-order valence-corrected chi connectivity index (χ4v) is 0.994. The molecule has 15 heavy (non-hydrogen) atoms. The van der Waals surface area contributed by atoms with E-state index in [1.807, 2.05) is 0 Å². The second-order valence-electron chi connectivity index (χ2n) is 4.82. The minimum absolute atomic E-state index is 0.290. The summed E-state index contributed by atoms with van der Waals surface area (Å²) >= 11 is 0. The van der Waals surface area contributed by atoms with Crippen molar-refractivity contribution in [3.63, 3.8) is 0 Å². The van der Waals surface area contributed by atoms with Crippen LogP contribution in [0.3, 0.4) is 0 Å². The highest BCUT2D eigenvalue weighted by Crippen LogP contribution is 2.01. The molecule has 0 aliphatic heterocycles.